The summed E-state index contributed by atoms with van der Waals surface area (Å²) in [6, 6.07) is 0. The van der Waals surface area contributed by atoms with E-state index in [9.17, 15) is 14.7 Å². The molecule has 0 fully saturated rings. The number of amides is 1. The second-order valence-electron chi connectivity index (χ2n) is 8.21. The van der Waals surface area contributed by atoms with Crippen LogP contribution in [0.5, 0.6) is 0 Å². The summed E-state index contributed by atoms with van der Waals surface area (Å²) in [7, 11) is 2.38. The molecule has 1 aliphatic rings. The van der Waals surface area contributed by atoms with E-state index in [-0.39, 0.29) is 12.1 Å². The average Bonchev–Trinajstić information content (AvgIpc) is 2.68. The van der Waals surface area contributed by atoms with Crippen molar-refractivity contribution >= 4 is 12.1 Å². The number of esters is 1. The lowest BCUT2D eigenvalue weighted by Crippen LogP contribution is -2.27. The van der Waals surface area contributed by atoms with Gasteiger partial charge in [0.2, 0.25) is 0 Å². The predicted molar refractivity (Wildman–Crippen MR) is 121 cm³/mol. The van der Waals surface area contributed by atoms with E-state index >= 15 is 0 Å². The first-order chi connectivity index (χ1) is 14.5. The molecule has 0 aromatic heterocycles. The minimum absolute atomic E-state index is 0.241. The van der Waals surface area contributed by atoms with Crippen molar-refractivity contribution in [3.63, 3.8) is 0 Å². The Balaban J connectivity index is 0. The molecule has 182 valence electrons. The van der Waals surface area contributed by atoms with E-state index < -0.39 is 11.7 Å². The van der Waals surface area contributed by atoms with Gasteiger partial charge in [0.15, 0.2) is 0 Å². The molecule has 0 spiro atoms. The molecule has 8 heteroatoms. The number of allylic oxidation sites excluding steroid dienone is 4. The lowest BCUT2D eigenvalue weighted by molar-refractivity contribution is -0.141. The third kappa shape index (κ3) is 22.6. The van der Waals surface area contributed by atoms with Gasteiger partial charge in [-0.05, 0) is 65.7 Å². The number of ether oxygens (including phenoxy) is 3. The number of methoxy groups -OCH3 is 1. The third-order valence-corrected chi connectivity index (χ3v) is 4.08. The van der Waals surface area contributed by atoms with E-state index in [4.69, 9.17) is 15.6 Å². The summed E-state index contributed by atoms with van der Waals surface area (Å²) in [5.74, 6) is 0.190. The van der Waals surface area contributed by atoms with Gasteiger partial charge in [-0.2, -0.15) is 0 Å². The molecule has 0 saturated carbocycles. The zero-order chi connectivity index (χ0) is 24.3. The lowest BCUT2D eigenvalue weighted by atomic mass is 9.88. The van der Waals surface area contributed by atoms with E-state index in [1.54, 1.807) is 20.8 Å². The van der Waals surface area contributed by atoms with Crippen molar-refractivity contribution in [3.8, 4) is 0 Å². The Morgan fingerprint density at radius 2 is 1.87 bits per heavy atom. The number of primary amides is 1. The Labute approximate surface area is 187 Å². The Hall–Kier alpha value is -1.90. The van der Waals surface area contributed by atoms with Gasteiger partial charge in [-0.15, -0.1) is 0 Å². The van der Waals surface area contributed by atoms with Crippen LogP contribution in [-0.2, 0) is 19.0 Å². The Bertz CT molecular complexity index is 537. The Morgan fingerprint density at radius 1 is 1.23 bits per heavy atom. The summed E-state index contributed by atoms with van der Waals surface area (Å²) in [4.78, 5) is 21.0. The number of aliphatic hydroxyl groups excluding tert-OH is 2. The number of aliphatic hydroxyl groups is 2. The van der Waals surface area contributed by atoms with Crippen molar-refractivity contribution in [1.29, 1.82) is 0 Å². The smallest absolute Gasteiger partial charge is 0.405 e. The van der Waals surface area contributed by atoms with Crippen LogP contribution in [-0.4, -0.2) is 61.4 Å². The van der Waals surface area contributed by atoms with Crippen LogP contribution in [0, 0.1) is 5.92 Å². The summed E-state index contributed by atoms with van der Waals surface area (Å²) < 4.78 is 14.6. The molecule has 0 aromatic carbocycles. The third-order valence-electron chi connectivity index (χ3n) is 4.08. The van der Waals surface area contributed by atoms with Crippen LogP contribution >= 0.6 is 0 Å². The first kappa shape index (κ1) is 31.3. The van der Waals surface area contributed by atoms with E-state index in [0.717, 1.165) is 39.2 Å². The molecule has 1 amide bonds. The van der Waals surface area contributed by atoms with Crippen LogP contribution in [0.15, 0.2) is 23.8 Å². The standard InChI is InChI=1S/C17H28O4.C5H11NO2.CH4O/c1-14(18)12-16(13-15-6-4-3-5-7-15)8-10-21-11-9-17(19)20-2;1-5(2,3)8-4(6)7;1-2/h3-4,6,14,16,18H,5,7-13H2,1-2H3;1-3H3,(H2,6,7);2H,1H3. The van der Waals surface area contributed by atoms with Gasteiger partial charge >= 0.3 is 12.1 Å². The summed E-state index contributed by atoms with van der Waals surface area (Å²) in [5, 5.41) is 16.6. The van der Waals surface area contributed by atoms with Gasteiger partial charge in [-0.25, -0.2) is 4.79 Å². The lowest BCUT2D eigenvalue weighted by Gasteiger charge is -2.21. The fourth-order valence-corrected chi connectivity index (χ4v) is 2.89. The SMILES string of the molecule is CC(C)(C)OC(N)=O.CO.COC(=O)CCOCCC(CC1=CC=CCC1)CC(C)O. The summed E-state index contributed by atoms with van der Waals surface area (Å²) >= 11 is 0. The highest BCUT2D eigenvalue weighted by molar-refractivity contribution is 5.69. The molecule has 1 aliphatic carbocycles. The molecule has 0 radical (unpaired) electrons. The van der Waals surface area contributed by atoms with E-state index in [1.807, 2.05) is 6.92 Å². The number of carbonyl (C=O) groups excluding carboxylic acids is 2. The maximum absolute atomic E-state index is 11.0. The molecule has 0 aromatic rings. The molecule has 1 rings (SSSR count). The van der Waals surface area contributed by atoms with Crippen LogP contribution in [0.3, 0.4) is 0 Å². The van der Waals surface area contributed by atoms with Gasteiger partial charge in [0.1, 0.15) is 5.60 Å². The fourth-order valence-electron chi connectivity index (χ4n) is 2.89. The second-order valence-corrected chi connectivity index (χ2v) is 8.21. The van der Waals surface area contributed by atoms with E-state index in [2.05, 4.69) is 27.7 Å². The molecular weight excluding hydrogens is 402 g/mol. The van der Waals surface area contributed by atoms with Crippen LogP contribution in [0.4, 0.5) is 4.79 Å². The molecule has 0 saturated heterocycles. The number of hydrogen-bond acceptors (Lipinski definition) is 7. The monoisotopic (exact) mass is 445 g/mol. The van der Waals surface area contributed by atoms with Crippen molar-refractivity contribution in [2.45, 2.75) is 77.9 Å². The summed E-state index contributed by atoms with van der Waals surface area (Å²) in [6.07, 6.45) is 10.7. The van der Waals surface area contributed by atoms with Gasteiger partial charge in [0.05, 0.1) is 26.2 Å². The predicted octanol–water partition coefficient (Wildman–Crippen LogP) is 3.50. The molecule has 0 bridgehead atoms. The van der Waals surface area contributed by atoms with Gasteiger partial charge in [-0.1, -0.05) is 23.8 Å². The van der Waals surface area contributed by atoms with Crippen molar-refractivity contribution in [1.82, 2.24) is 0 Å². The molecule has 4 N–H and O–H groups in total. The van der Waals surface area contributed by atoms with Crippen LogP contribution < -0.4 is 5.73 Å². The topological polar surface area (TPSA) is 128 Å². The Morgan fingerprint density at radius 3 is 2.29 bits per heavy atom. The number of carbonyl (C=O) groups is 2. The molecule has 0 aliphatic heterocycles. The minimum Gasteiger partial charge on any atom is -0.469 e. The summed E-state index contributed by atoms with van der Waals surface area (Å²) in [6.45, 7) is 8.14. The van der Waals surface area contributed by atoms with Crippen LogP contribution in [0.2, 0.25) is 0 Å². The normalized spacial score (nSPS) is 14.6. The van der Waals surface area contributed by atoms with Crippen molar-refractivity contribution in [2.24, 2.45) is 11.7 Å². The molecule has 0 heterocycles. The Kier molecular flexibility index (Phi) is 19.0. The van der Waals surface area contributed by atoms with Gasteiger partial charge in [-0.3, -0.25) is 4.79 Å². The van der Waals surface area contributed by atoms with Crippen molar-refractivity contribution < 1.29 is 34.0 Å². The highest BCUT2D eigenvalue weighted by Crippen LogP contribution is 2.25. The number of hydrogen-bond donors (Lipinski definition) is 3. The van der Waals surface area contributed by atoms with Gasteiger partial charge < -0.3 is 30.2 Å². The highest BCUT2D eigenvalue weighted by Gasteiger charge is 2.15. The van der Waals surface area contributed by atoms with E-state index in [0.29, 0.717) is 25.6 Å². The van der Waals surface area contributed by atoms with E-state index in [1.165, 1.54) is 12.7 Å². The minimum atomic E-state index is -0.725. The van der Waals surface area contributed by atoms with Gasteiger partial charge in [0.25, 0.3) is 0 Å². The van der Waals surface area contributed by atoms with Gasteiger partial charge in [0, 0.05) is 13.7 Å². The van der Waals surface area contributed by atoms with Crippen molar-refractivity contribution in [2.75, 3.05) is 27.4 Å². The summed E-state index contributed by atoms with van der Waals surface area (Å²) in [5.41, 5.74) is 5.72. The number of nitrogens with two attached hydrogens (primary N) is 1. The maximum atomic E-state index is 11.0. The second kappa shape index (κ2) is 18.8. The molecule has 8 nitrogen and oxygen atoms in total. The number of rotatable bonds is 10. The van der Waals surface area contributed by atoms with Crippen LogP contribution in [0.1, 0.15) is 66.2 Å². The zero-order valence-electron chi connectivity index (χ0n) is 20.1. The largest absolute Gasteiger partial charge is 0.469 e. The first-order valence-corrected chi connectivity index (χ1v) is 10.6. The first-order valence-electron chi connectivity index (χ1n) is 10.6. The quantitative estimate of drug-likeness (QED) is 0.347. The zero-order valence-corrected chi connectivity index (χ0v) is 20.1. The maximum Gasteiger partial charge on any atom is 0.405 e. The molecular formula is C23H43NO7. The fraction of sp³-hybridized carbons (Fsp3) is 0.739. The van der Waals surface area contributed by atoms with Crippen LogP contribution in [0.25, 0.3) is 0 Å². The highest BCUT2D eigenvalue weighted by atomic mass is 16.6. The molecule has 2 atom stereocenters. The van der Waals surface area contributed by atoms with Crippen molar-refractivity contribution in [3.05, 3.63) is 23.8 Å². The molecule has 2 unspecified atom stereocenters. The average molecular weight is 446 g/mol. The molecule has 31 heavy (non-hydrogen) atoms.